The van der Waals surface area contributed by atoms with E-state index < -0.39 is 0 Å². The van der Waals surface area contributed by atoms with Gasteiger partial charge in [0.1, 0.15) is 0 Å². The van der Waals surface area contributed by atoms with Crippen molar-refractivity contribution < 1.29 is 4.74 Å². The third-order valence-electron chi connectivity index (χ3n) is 3.46. The third kappa shape index (κ3) is 5.58. The molecule has 2 N–H and O–H groups in total. The molecule has 0 aliphatic rings. The predicted molar refractivity (Wildman–Crippen MR) is 95.6 cm³/mol. The highest BCUT2D eigenvalue weighted by Crippen LogP contribution is 2.10. The lowest BCUT2D eigenvalue weighted by Crippen LogP contribution is -2.36. The van der Waals surface area contributed by atoms with Crippen molar-refractivity contribution in [3.63, 3.8) is 0 Å². The monoisotopic (exact) mass is 331 g/mol. The van der Waals surface area contributed by atoms with Crippen molar-refractivity contribution in [1.82, 2.24) is 10.6 Å². The van der Waals surface area contributed by atoms with Gasteiger partial charge in [-0.1, -0.05) is 48.0 Å². The first-order valence-corrected chi connectivity index (χ1v) is 7.85. The van der Waals surface area contributed by atoms with Crippen molar-refractivity contribution in [3.05, 3.63) is 70.2 Å². The molecule has 2 aromatic carbocycles. The quantitative estimate of drug-likeness (QED) is 0.630. The van der Waals surface area contributed by atoms with E-state index >= 15 is 0 Å². The molecule has 23 heavy (non-hydrogen) atoms. The fraction of sp³-hybridized carbons (Fsp3) is 0.278. The van der Waals surface area contributed by atoms with Gasteiger partial charge in [0.15, 0.2) is 5.96 Å². The average Bonchev–Trinajstić information content (AvgIpc) is 2.58. The summed E-state index contributed by atoms with van der Waals surface area (Å²) in [6.45, 7) is 1.99. The third-order valence-corrected chi connectivity index (χ3v) is 3.71. The van der Waals surface area contributed by atoms with Gasteiger partial charge in [-0.05, 0) is 28.8 Å². The standard InChI is InChI=1S/C18H22ClN3O/c1-20-18(21-11-14-7-9-17(19)10-8-14)22-12-15-5-3-4-6-16(15)13-23-2/h3-10H,11-13H2,1-2H3,(H2,20,21,22). The summed E-state index contributed by atoms with van der Waals surface area (Å²) in [7, 11) is 3.47. The van der Waals surface area contributed by atoms with Gasteiger partial charge < -0.3 is 15.4 Å². The van der Waals surface area contributed by atoms with Crippen LogP contribution in [0.3, 0.4) is 0 Å². The van der Waals surface area contributed by atoms with Gasteiger partial charge in [-0.15, -0.1) is 0 Å². The summed E-state index contributed by atoms with van der Waals surface area (Å²) in [6.07, 6.45) is 0. The summed E-state index contributed by atoms with van der Waals surface area (Å²) < 4.78 is 5.23. The number of rotatable bonds is 6. The molecule has 2 rings (SSSR count). The second kappa shape index (κ2) is 9.18. The van der Waals surface area contributed by atoms with Crippen LogP contribution in [0.4, 0.5) is 0 Å². The normalized spacial score (nSPS) is 11.3. The number of ether oxygens (including phenoxy) is 1. The fourth-order valence-electron chi connectivity index (χ4n) is 2.21. The number of nitrogens with one attached hydrogen (secondary N) is 2. The van der Waals surface area contributed by atoms with Crippen LogP contribution < -0.4 is 10.6 Å². The van der Waals surface area contributed by atoms with Crippen LogP contribution in [-0.2, 0) is 24.4 Å². The van der Waals surface area contributed by atoms with E-state index in [9.17, 15) is 0 Å². The number of aliphatic imine (C=N–C) groups is 1. The van der Waals surface area contributed by atoms with Crippen molar-refractivity contribution in [3.8, 4) is 0 Å². The lowest BCUT2D eigenvalue weighted by Gasteiger charge is -2.14. The van der Waals surface area contributed by atoms with Crippen LogP contribution >= 0.6 is 11.6 Å². The summed E-state index contributed by atoms with van der Waals surface area (Å²) in [5, 5.41) is 7.36. The van der Waals surface area contributed by atoms with Crippen molar-refractivity contribution in [2.75, 3.05) is 14.2 Å². The van der Waals surface area contributed by atoms with E-state index in [-0.39, 0.29) is 0 Å². The zero-order valence-electron chi connectivity index (χ0n) is 13.5. The maximum atomic E-state index is 5.89. The Bertz CT molecular complexity index is 641. The molecule has 4 nitrogen and oxygen atoms in total. The number of halogens is 1. The molecule has 2 aromatic rings. The number of nitrogens with zero attached hydrogens (tertiary/aromatic N) is 1. The van der Waals surface area contributed by atoms with Gasteiger partial charge in [0.2, 0.25) is 0 Å². The first-order valence-electron chi connectivity index (χ1n) is 7.47. The van der Waals surface area contributed by atoms with Crippen molar-refractivity contribution in [2.24, 2.45) is 4.99 Å². The van der Waals surface area contributed by atoms with E-state index in [2.05, 4.69) is 27.8 Å². The van der Waals surface area contributed by atoms with Crippen LogP contribution in [0.2, 0.25) is 5.02 Å². The highest BCUT2D eigenvalue weighted by molar-refractivity contribution is 6.30. The van der Waals surface area contributed by atoms with Gasteiger partial charge in [-0.2, -0.15) is 0 Å². The molecule has 0 aliphatic heterocycles. The summed E-state index contributed by atoms with van der Waals surface area (Å²) in [6, 6.07) is 16.0. The lowest BCUT2D eigenvalue weighted by molar-refractivity contribution is 0.184. The summed E-state index contributed by atoms with van der Waals surface area (Å²) in [4.78, 5) is 4.25. The molecule has 122 valence electrons. The summed E-state index contributed by atoms with van der Waals surface area (Å²) in [5.74, 6) is 0.757. The lowest BCUT2D eigenvalue weighted by atomic mass is 10.1. The number of hydrogen-bond donors (Lipinski definition) is 2. The average molecular weight is 332 g/mol. The van der Waals surface area contributed by atoms with Crippen LogP contribution in [0, 0.1) is 0 Å². The molecule has 0 radical (unpaired) electrons. The largest absolute Gasteiger partial charge is 0.380 e. The molecule has 0 saturated carbocycles. The zero-order chi connectivity index (χ0) is 16.5. The Balaban J connectivity index is 1.89. The molecule has 0 saturated heterocycles. The first-order chi connectivity index (χ1) is 11.2. The Morgan fingerprint density at radius 2 is 1.65 bits per heavy atom. The highest BCUT2D eigenvalue weighted by Gasteiger charge is 2.03. The number of benzene rings is 2. The van der Waals surface area contributed by atoms with Crippen LogP contribution in [0.1, 0.15) is 16.7 Å². The molecule has 0 heterocycles. The minimum Gasteiger partial charge on any atom is -0.380 e. The molecular formula is C18H22ClN3O. The van der Waals surface area contributed by atoms with Crippen LogP contribution in [0.15, 0.2) is 53.5 Å². The number of methoxy groups -OCH3 is 1. The molecule has 0 bridgehead atoms. The Labute approximate surface area is 142 Å². The van der Waals surface area contributed by atoms with Crippen LogP contribution in [0.5, 0.6) is 0 Å². The molecule has 5 heteroatoms. The molecule has 0 spiro atoms. The minimum absolute atomic E-state index is 0.606. The van der Waals surface area contributed by atoms with E-state index in [1.165, 1.54) is 11.1 Å². The van der Waals surface area contributed by atoms with Gasteiger partial charge in [-0.3, -0.25) is 4.99 Å². The van der Waals surface area contributed by atoms with Gasteiger partial charge in [0, 0.05) is 32.3 Å². The minimum atomic E-state index is 0.606. The second-order valence-electron chi connectivity index (χ2n) is 5.11. The van der Waals surface area contributed by atoms with E-state index in [0.29, 0.717) is 19.7 Å². The van der Waals surface area contributed by atoms with Crippen LogP contribution in [-0.4, -0.2) is 20.1 Å². The summed E-state index contributed by atoms with van der Waals surface area (Å²) >= 11 is 5.89. The fourth-order valence-corrected chi connectivity index (χ4v) is 2.34. The Morgan fingerprint density at radius 1 is 1.00 bits per heavy atom. The number of guanidine groups is 1. The molecular weight excluding hydrogens is 310 g/mol. The number of hydrogen-bond acceptors (Lipinski definition) is 2. The van der Waals surface area contributed by atoms with Crippen LogP contribution in [0.25, 0.3) is 0 Å². The maximum Gasteiger partial charge on any atom is 0.191 e. The predicted octanol–water partition coefficient (Wildman–Crippen LogP) is 3.35. The van der Waals surface area contributed by atoms with E-state index in [1.807, 2.05) is 36.4 Å². The van der Waals surface area contributed by atoms with Gasteiger partial charge in [-0.25, -0.2) is 0 Å². The molecule has 0 unspecified atom stereocenters. The Hall–Kier alpha value is -2.04. The maximum absolute atomic E-state index is 5.89. The topological polar surface area (TPSA) is 45.7 Å². The van der Waals surface area contributed by atoms with E-state index in [1.54, 1.807) is 14.2 Å². The molecule has 0 amide bonds. The van der Waals surface area contributed by atoms with E-state index in [4.69, 9.17) is 16.3 Å². The van der Waals surface area contributed by atoms with Crippen molar-refractivity contribution >= 4 is 17.6 Å². The highest BCUT2D eigenvalue weighted by atomic mass is 35.5. The zero-order valence-corrected chi connectivity index (χ0v) is 14.2. The molecule has 0 aliphatic carbocycles. The molecule has 0 aromatic heterocycles. The van der Waals surface area contributed by atoms with Crippen molar-refractivity contribution in [2.45, 2.75) is 19.7 Å². The Kier molecular flexibility index (Phi) is 6.91. The first kappa shape index (κ1) is 17.3. The smallest absolute Gasteiger partial charge is 0.191 e. The molecule has 0 atom stereocenters. The van der Waals surface area contributed by atoms with Crippen molar-refractivity contribution in [1.29, 1.82) is 0 Å². The summed E-state index contributed by atoms with van der Waals surface area (Å²) in [5.41, 5.74) is 3.52. The van der Waals surface area contributed by atoms with E-state index in [0.717, 1.165) is 16.5 Å². The second-order valence-corrected chi connectivity index (χ2v) is 5.54. The van der Waals surface area contributed by atoms with Gasteiger partial charge >= 0.3 is 0 Å². The SMILES string of the molecule is CN=C(NCc1ccc(Cl)cc1)NCc1ccccc1COC. The Morgan fingerprint density at radius 3 is 2.30 bits per heavy atom. The van der Waals surface area contributed by atoms with Gasteiger partial charge in [0.05, 0.1) is 6.61 Å². The van der Waals surface area contributed by atoms with Gasteiger partial charge in [0.25, 0.3) is 0 Å². The molecule has 0 fully saturated rings.